The van der Waals surface area contributed by atoms with Gasteiger partial charge in [-0.25, -0.2) is 9.59 Å². The molecule has 0 saturated carbocycles. The van der Waals surface area contributed by atoms with Crippen molar-refractivity contribution in [1.29, 1.82) is 0 Å². The highest BCUT2D eigenvalue weighted by Gasteiger charge is 2.45. The summed E-state index contributed by atoms with van der Waals surface area (Å²) in [7, 11) is -2.02. The van der Waals surface area contributed by atoms with Crippen molar-refractivity contribution in [3.63, 3.8) is 0 Å². The molecule has 0 aromatic rings. The third-order valence-electron chi connectivity index (χ3n) is 5.38. The van der Waals surface area contributed by atoms with E-state index in [0.29, 0.717) is 32.7 Å². The molecule has 15 heteroatoms. The number of esters is 1. The average molecular weight is 412 g/mol. The SMILES string of the molecule is CB(O)N1CCN(B(C)O)C(C(=O)O)C1.CB(O)N1CCN2C(=O)OC(=O)C2C1. The molecule has 0 aliphatic carbocycles. The second kappa shape index (κ2) is 9.91. The van der Waals surface area contributed by atoms with Crippen LogP contribution in [0.1, 0.15) is 0 Å². The lowest BCUT2D eigenvalue weighted by molar-refractivity contribution is -0.143. The van der Waals surface area contributed by atoms with E-state index in [0.717, 1.165) is 0 Å². The van der Waals surface area contributed by atoms with E-state index in [-0.39, 0.29) is 6.54 Å². The van der Waals surface area contributed by atoms with Gasteiger partial charge in [-0.15, -0.1) is 0 Å². The van der Waals surface area contributed by atoms with Crippen molar-refractivity contribution in [3.05, 3.63) is 0 Å². The minimum atomic E-state index is -0.971. The summed E-state index contributed by atoms with van der Waals surface area (Å²) in [6.07, 6.45) is -0.565. The van der Waals surface area contributed by atoms with Crippen molar-refractivity contribution >= 4 is 39.2 Å². The number of carbonyl (C=O) groups excluding carboxylic acids is 2. The minimum absolute atomic E-state index is 0.234. The third kappa shape index (κ3) is 5.71. The Labute approximate surface area is 170 Å². The van der Waals surface area contributed by atoms with Gasteiger partial charge in [0, 0.05) is 39.3 Å². The molecule has 0 spiro atoms. The molecule has 3 aliphatic heterocycles. The smallest absolute Gasteiger partial charge is 0.418 e. The third-order valence-corrected chi connectivity index (χ3v) is 5.38. The molecule has 29 heavy (non-hydrogen) atoms. The second-order valence-corrected chi connectivity index (χ2v) is 7.37. The Morgan fingerprint density at radius 3 is 2.00 bits per heavy atom. The van der Waals surface area contributed by atoms with Gasteiger partial charge >= 0.3 is 39.2 Å². The van der Waals surface area contributed by atoms with Crippen molar-refractivity contribution in [2.45, 2.75) is 32.6 Å². The van der Waals surface area contributed by atoms with E-state index >= 15 is 0 Å². The van der Waals surface area contributed by atoms with E-state index in [9.17, 15) is 29.5 Å². The highest BCUT2D eigenvalue weighted by atomic mass is 16.6. The summed E-state index contributed by atoms with van der Waals surface area (Å²) in [5.41, 5.74) is 0. The summed E-state index contributed by atoms with van der Waals surface area (Å²) in [6.45, 7) is 7.38. The molecule has 0 aromatic carbocycles. The molecule has 3 fully saturated rings. The monoisotopic (exact) mass is 412 g/mol. The maximum atomic E-state index is 11.2. The van der Waals surface area contributed by atoms with Gasteiger partial charge in [-0.2, -0.15) is 0 Å². The van der Waals surface area contributed by atoms with Crippen LogP contribution in [-0.2, 0) is 14.3 Å². The summed E-state index contributed by atoms with van der Waals surface area (Å²) in [5.74, 6) is -1.48. The number of amides is 1. The zero-order chi connectivity index (χ0) is 21.9. The number of rotatable bonds is 4. The zero-order valence-electron chi connectivity index (χ0n) is 16.8. The van der Waals surface area contributed by atoms with Crippen LogP contribution in [0.4, 0.5) is 4.79 Å². The maximum Gasteiger partial charge on any atom is 0.418 e. The van der Waals surface area contributed by atoms with Crippen LogP contribution in [0, 0.1) is 0 Å². The largest absolute Gasteiger partial charge is 0.480 e. The van der Waals surface area contributed by atoms with E-state index in [1.54, 1.807) is 30.1 Å². The first-order valence-electron chi connectivity index (χ1n) is 9.56. The Morgan fingerprint density at radius 2 is 1.48 bits per heavy atom. The fourth-order valence-electron chi connectivity index (χ4n) is 3.60. The van der Waals surface area contributed by atoms with E-state index in [4.69, 9.17) is 5.11 Å². The molecule has 4 N–H and O–H groups in total. The first-order chi connectivity index (χ1) is 13.5. The van der Waals surface area contributed by atoms with Gasteiger partial charge in [0.05, 0.1) is 0 Å². The van der Waals surface area contributed by atoms with Gasteiger partial charge in [-0.1, -0.05) is 0 Å². The Balaban J connectivity index is 0.000000207. The van der Waals surface area contributed by atoms with Gasteiger partial charge in [-0.3, -0.25) is 9.69 Å². The summed E-state index contributed by atoms with van der Waals surface area (Å²) in [5, 5.41) is 37.1. The zero-order valence-corrected chi connectivity index (χ0v) is 16.8. The van der Waals surface area contributed by atoms with E-state index in [1.165, 1.54) is 9.71 Å². The van der Waals surface area contributed by atoms with Crippen molar-refractivity contribution in [2.24, 2.45) is 0 Å². The average Bonchev–Trinajstić information content (AvgIpc) is 2.95. The predicted molar refractivity (Wildman–Crippen MR) is 105 cm³/mol. The van der Waals surface area contributed by atoms with Crippen molar-refractivity contribution in [1.82, 2.24) is 19.3 Å². The number of carboxylic acid groups (broad SMARTS) is 1. The topological polar surface area (TPSA) is 154 Å². The highest BCUT2D eigenvalue weighted by molar-refractivity contribution is 6.47. The number of fused-ring (bicyclic) bond motifs is 1. The van der Waals surface area contributed by atoms with Crippen LogP contribution in [0.3, 0.4) is 0 Å². The standard InChI is InChI=1S/C7H16B2N2O4.C7H11BN2O4/c1-8(14)10-3-4-11(9(2)15)6(5-10)7(12)13;1-8(13)9-2-3-10-5(4-9)6(11)14-7(10)12/h6,14-15H,3-5H2,1-2H3,(H,12,13);5,13H,2-4H2,1H3. The molecular formula is C14H27B3N4O8. The van der Waals surface area contributed by atoms with E-state index in [2.05, 4.69) is 4.74 Å². The van der Waals surface area contributed by atoms with Crippen LogP contribution >= 0.6 is 0 Å². The lowest BCUT2D eigenvalue weighted by atomic mass is 9.78. The van der Waals surface area contributed by atoms with Gasteiger partial charge in [0.1, 0.15) is 12.1 Å². The molecule has 2 unspecified atom stereocenters. The quantitative estimate of drug-likeness (QED) is 0.213. The number of carboxylic acids is 1. The normalized spacial score (nSPS) is 25.7. The number of piperazine rings is 2. The minimum Gasteiger partial charge on any atom is -0.480 e. The van der Waals surface area contributed by atoms with Crippen LogP contribution in [-0.4, -0.2) is 130 Å². The molecule has 0 aromatic heterocycles. The Bertz CT molecular complexity index is 626. The molecule has 12 nitrogen and oxygen atoms in total. The molecule has 3 rings (SSSR count). The number of hydrogen-bond donors (Lipinski definition) is 4. The fourth-order valence-corrected chi connectivity index (χ4v) is 3.60. The molecule has 0 radical (unpaired) electrons. The van der Waals surface area contributed by atoms with Crippen molar-refractivity contribution in [3.8, 4) is 0 Å². The number of hydrogen-bond acceptors (Lipinski definition) is 10. The predicted octanol–water partition coefficient (Wildman–Crippen LogP) is -2.96. The Hall–Kier alpha value is -1.64. The van der Waals surface area contributed by atoms with Crippen molar-refractivity contribution < 1.29 is 39.3 Å². The molecule has 0 bridgehead atoms. The van der Waals surface area contributed by atoms with Crippen LogP contribution in [0.25, 0.3) is 0 Å². The number of ether oxygens (including phenoxy) is 1. The lowest BCUT2D eigenvalue weighted by Gasteiger charge is -2.40. The first kappa shape index (κ1) is 23.6. The van der Waals surface area contributed by atoms with Crippen LogP contribution in [0.2, 0.25) is 20.5 Å². The second-order valence-electron chi connectivity index (χ2n) is 7.37. The fraction of sp³-hybridized carbons (Fsp3) is 0.786. The summed E-state index contributed by atoms with van der Waals surface area (Å²) in [4.78, 5) is 39.6. The maximum absolute atomic E-state index is 11.2. The molecule has 2 atom stereocenters. The molecule has 1 amide bonds. The first-order valence-corrected chi connectivity index (χ1v) is 9.56. The van der Waals surface area contributed by atoms with E-state index in [1.807, 2.05) is 0 Å². The number of aliphatic carboxylic acids is 1. The van der Waals surface area contributed by atoms with Gasteiger partial charge in [-0.05, 0) is 20.5 Å². The van der Waals surface area contributed by atoms with Crippen molar-refractivity contribution in [2.75, 3.05) is 39.3 Å². The van der Waals surface area contributed by atoms with E-state index < -0.39 is 51.3 Å². The Kier molecular flexibility index (Phi) is 8.08. The lowest BCUT2D eigenvalue weighted by Crippen LogP contribution is -2.62. The molecule has 3 heterocycles. The number of nitrogens with zero attached hydrogens (tertiary/aromatic N) is 4. The molecule has 160 valence electrons. The van der Waals surface area contributed by atoms with Gasteiger partial charge in [0.2, 0.25) is 0 Å². The number of cyclic esters (lactones) is 2. The summed E-state index contributed by atoms with van der Waals surface area (Å²) < 4.78 is 4.48. The molecule has 3 aliphatic rings. The summed E-state index contributed by atoms with van der Waals surface area (Å²) >= 11 is 0. The highest BCUT2D eigenvalue weighted by Crippen LogP contribution is 2.19. The van der Waals surface area contributed by atoms with Crippen LogP contribution < -0.4 is 0 Å². The number of carbonyl (C=O) groups is 3. The van der Waals surface area contributed by atoms with Gasteiger partial charge < -0.3 is 39.3 Å². The van der Waals surface area contributed by atoms with Crippen LogP contribution in [0.15, 0.2) is 0 Å². The van der Waals surface area contributed by atoms with Crippen LogP contribution in [0.5, 0.6) is 0 Å². The molecule has 3 saturated heterocycles. The molecular weight excluding hydrogens is 385 g/mol. The van der Waals surface area contributed by atoms with Gasteiger partial charge in [0.15, 0.2) is 0 Å². The van der Waals surface area contributed by atoms with Gasteiger partial charge in [0.25, 0.3) is 0 Å². The Morgan fingerprint density at radius 1 is 0.931 bits per heavy atom. The summed E-state index contributed by atoms with van der Waals surface area (Å²) in [6, 6.07) is -1.29.